The largest absolute Gasteiger partial charge is 0.349 e. The predicted octanol–water partition coefficient (Wildman–Crippen LogP) is 3.17. The van der Waals surface area contributed by atoms with E-state index in [1.807, 2.05) is 17.0 Å². The van der Waals surface area contributed by atoms with Crippen molar-refractivity contribution in [3.8, 4) is 0 Å². The van der Waals surface area contributed by atoms with E-state index in [4.69, 9.17) is 11.6 Å². The summed E-state index contributed by atoms with van der Waals surface area (Å²) >= 11 is 5.90. The number of likely N-dealkylation sites (tertiary alicyclic amines) is 1. The normalized spacial score (nSPS) is 19.6. The summed E-state index contributed by atoms with van der Waals surface area (Å²) in [5.41, 5.74) is 0.901. The first-order chi connectivity index (χ1) is 10.5. The van der Waals surface area contributed by atoms with Gasteiger partial charge in [-0.2, -0.15) is 0 Å². The molecule has 0 saturated carbocycles. The average molecular weight is 323 g/mol. The molecule has 2 rings (SSSR count). The minimum atomic E-state index is -0.306. The summed E-state index contributed by atoms with van der Waals surface area (Å²) in [5, 5.41) is 3.51. The van der Waals surface area contributed by atoms with Gasteiger partial charge in [0.2, 0.25) is 11.8 Å². The van der Waals surface area contributed by atoms with E-state index in [2.05, 4.69) is 12.2 Å². The lowest BCUT2D eigenvalue weighted by molar-refractivity contribution is -0.133. The van der Waals surface area contributed by atoms with Crippen LogP contribution in [0.4, 0.5) is 0 Å². The fourth-order valence-corrected chi connectivity index (χ4v) is 3.04. The molecular formula is C17H23ClN2O2. The number of amides is 2. The van der Waals surface area contributed by atoms with Gasteiger partial charge in [-0.3, -0.25) is 9.59 Å². The number of carbonyl (C=O) groups is 2. The molecule has 1 heterocycles. The molecule has 2 amide bonds. The van der Waals surface area contributed by atoms with Crippen LogP contribution < -0.4 is 5.32 Å². The highest BCUT2D eigenvalue weighted by molar-refractivity contribution is 6.30. The quantitative estimate of drug-likeness (QED) is 0.925. The van der Waals surface area contributed by atoms with E-state index in [0.29, 0.717) is 10.9 Å². The molecule has 1 saturated heterocycles. The van der Waals surface area contributed by atoms with Crippen LogP contribution in [0.5, 0.6) is 0 Å². The Morgan fingerprint density at radius 2 is 2.05 bits per heavy atom. The Bertz CT molecular complexity index is 530. The average Bonchev–Trinajstić information content (AvgIpc) is 2.47. The van der Waals surface area contributed by atoms with Crippen molar-refractivity contribution < 1.29 is 9.59 Å². The van der Waals surface area contributed by atoms with Crippen molar-refractivity contribution in [2.75, 3.05) is 13.1 Å². The third-order valence-corrected chi connectivity index (χ3v) is 4.29. The number of hydrogen-bond acceptors (Lipinski definition) is 2. The highest BCUT2D eigenvalue weighted by Crippen LogP contribution is 2.22. The van der Waals surface area contributed by atoms with Gasteiger partial charge >= 0.3 is 0 Å². The zero-order valence-corrected chi connectivity index (χ0v) is 13.9. The van der Waals surface area contributed by atoms with Crippen LogP contribution in [0.3, 0.4) is 0 Å². The zero-order valence-electron chi connectivity index (χ0n) is 13.1. The fourth-order valence-electron chi connectivity index (χ4n) is 2.91. The van der Waals surface area contributed by atoms with Crippen LogP contribution in [0.15, 0.2) is 24.3 Å². The minimum Gasteiger partial charge on any atom is -0.349 e. The van der Waals surface area contributed by atoms with Crippen LogP contribution in [0.25, 0.3) is 0 Å². The number of rotatable bonds is 4. The number of carbonyl (C=O) groups excluding carboxylic acids is 2. The molecular weight excluding hydrogens is 300 g/mol. The molecule has 0 aliphatic carbocycles. The van der Waals surface area contributed by atoms with Crippen molar-refractivity contribution in [2.45, 2.75) is 39.2 Å². The standard InChI is InChI=1S/C17H23ClN2O2/c1-12-4-3-9-20(11-12)17(22)10-16(19-13(2)21)14-5-7-15(18)8-6-14/h5-8,12,16H,3-4,9-11H2,1-2H3,(H,19,21)/t12-,16+/m1/s1. The Balaban J connectivity index is 2.07. The van der Waals surface area contributed by atoms with E-state index in [1.54, 1.807) is 12.1 Å². The number of halogens is 1. The van der Waals surface area contributed by atoms with Gasteiger partial charge in [0.05, 0.1) is 12.5 Å². The molecule has 1 aromatic carbocycles. The fraction of sp³-hybridized carbons (Fsp3) is 0.529. The topological polar surface area (TPSA) is 49.4 Å². The highest BCUT2D eigenvalue weighted by Gasteiger charge is 2.24. The third kappa shape index (κ3) is 4.73. The summed E-state index contributed by atoms with van der Waals surface area (Å²) < 4.78 is 0. The van der Waals surface area contributed by atoms with Crippen LogP contribution in [0.1, 0.15) is 44.7 Å². The maximum Gasteiger partial charge on any atom is 0.224 e. The highest BCUT2D eigenvalue weighted by atomic mass is 35.5. The van der Waals surface area contributed by atoms with E-state index in [9.17, 15) is 9.59 Å². The molecule has 5 heteroatoms. The van der Waals surface area contributed by atoms with Gasteiger partial charge in [-0.1, -0.05) is 30.7 Å². The molecule has 22 heavy (non-hydrogen) atoms. The Kier molecular flexibility index (Phi) is 5.83. The Hall–Kier alpha value is -1.55. The van der Waals surface area contributed by atoms with Gasteiger partial charge in [0.25, 0.3) is 0 Å². The third-order valence-electron chi connectivity index (χ3n) is 4.04. The summed E-state index contributed by atoms with van der Waals surface area (Å²) in [6.07, 6.45) is 2.52. The molecule has 1 aliphatic rings. The van der Waals surface area contributed by atoms with Crippen molar-refractivity contribution in [1.29, 1.82) is 0 Å². The smallest absolute Gasteiger partial charge is 0.224 e. The lowest BCUT2D eigenvalue weighted by Gasteiger charge is -2.32. The Morgan fingerprint density at radius 3 is 2.64 bits per heavy atom. The van der Waals surface area contributed by atoms with Crippen LogP contribution in [0, 0.1) is 5.92 Å². The molecule has 120 valence electrons. The summed E-state index contributed by atoms with van der Waals surface area (Å²) in [6, 6.07) is 6.96. The monoisotopic (exact) mass is 322 g/mol. The number of benzene rings is 1. The van der Waals surface area contributed by atoms with Gasteiger partial charge in [0.15, 0.2) is 0 Å². The second kappa shape index (κ2) is 7.63. The van der Waals surface area contributed by atoms with E-state index >= 15 is 0 Å². The van der Waals surface area contributed by atoms with Gasteiger partial charge in [-0.15, -0.1) is 0 Å². The molecule has 0 bridgehead atoms. The Morgan fingerprint density at radius 1 is 1.36 bits per heavy atom. The second-order valence-corrected chi connectivity index (χ2v) is 6.53. The van der Waals surface area contributed by atoms with Crippen molar-refractivity contribution in [3.05, 3.63) is 34.9 Å². The van der Waals surface area contributed by atoms with Gasteiger partial charge in [-0.25, -0.2) is 0 Å². The summed E-state index contributed by atoms with van der Waals surface area (Å²) in [4.78, 5) is 25.9. The molecule has 0 aromatic heterocycles. The van der Waals surface area contributed by atoms with Gasteiger partial charge in [-0.05, 0) is 36.5 Å². The predicted molar refractivity (Wildman–Crippen MR) is 87.6 cm³/mol. The van der Waals surface area contributed by atoms with E-state index in [-0.39, 0.29) is 24.3 Å². The molecule has 4 nitrogen and oxygen atoms in total. The van der Waals surface area contributed by atoms with Crippen molar-refractivity contribution >= 4 is 23.4 Å². The van der Waals surface area contributed by atoms with Gasteiger partial charge in [0, 0.05) is 25.0 Å². The molecule has 0 radical (unpaired) electrons. The zero-order chi connectivity index (χ0) is 16.1. The molecule has 0 unspecified atom stereocenters. The first kappa shape index (κ1) is 16.8. The molecule has 2 atom stereocenters. The van der Waals surface area contributed by atoms with Crippen LogP contribution >= 0.6 is 11.6 Å². The van der Waals surface area contributed by atoms with Crippen molar-refractivity contribution in [2.24, 2.45) is 5.92 Å². The summed E-state index contributed by atoms with van der Waals surface area (Å²) in [5.74, 6) is 0.507. The molecule has 1 aromatic rings. The Labute approximate surface area is 136 Å². The van der Waals surface area contributed by atoms with Crippen LogP contribution in [0.2, 0.25) is 5.02 Å². The number of piperidine rings is 1. The maximum atomic E-state index is 12.5. The maximum absolute atomic E-state index is 12.5. The van der Waals surface area contributed by atoms with Crippen molar-refractivity contribution in [1.82, 2.24) is 10.2 Å². The summed E-state index contributed by atoms with van der Waals surface area (Å²) in [6.45, 7) is 5.27. The van der Waals surface area contributed by atoms with E-state index < -0.39 is 0 Å². The second-order valence-electron chi connectivity index (χ2n) is 6.10. The van der Waals surface area contributed by atoms with E-state index in [0.717, 1.165) is 25.1 Å². The van der Waals surface area contributed by atoms with Gasteiger partial charge in [0.1, 0.15) is 0 Å². The SMILES string of the molecule is CC(=O)N[C@@H](CC(=O)N1CCC[C@@H](C)C1)c1ccc(Cl)cc1. The van der Waals surface area contributed by atoms with Crippen LogP contribution in [-0.4, -0.2) is 29.8 Å². The minimum absolute atomic E-state index is 0.0975. The first-order valence-electron chi connectivity index (χ1n) is 7.76. The molecule has 1 fully saturated rings. The van der Waals surface area contributed by atoms with Crippen molar-refractivity contribution in [3.63, 3.8) is 0 Å². The number of hydrogen-bond donors (Lipinski definition) is 1. The molecule has 1 N–H and O–H groups in total. The number of nitrogens with zero attached hydrogens (tertiary/aromatic N) is 1. The molecule has 1 aliphatic heterocycles. The van der Waals surface area contributed by atoms with Gasteiger partial charge < -0.3 is 10.2 Å². The lowest BCUT2D eigenvalue weighted by atomic mass is 9.98. The summed E-state index contributed by atoms with van der Waals surface area (Å²) in [7, 11) is 0. The molecule has 0 spiro atoms. The lowest BCUT2D eigenvalue weighted by Crippen LogP contribution is -2.41. The number of nitrogens with one attached hydrogen (secondary N) is 1. The van der Waals surface area contributed by atoms with E-state index in [1.165, 1.54) is 13.3 Å². The van der Waals surface area contributed by atoms with Crippen LogP contribution in [-0.2, 0) is 9.59 Å². The first-order valence-corrected chi connectivity index (χ1v) is 8.14.